The van der Waals surface area contributed by atoms with E-state index in [-0.39, 0.29) is 17.7 Å². The molecule has 21 heavy (non-hydrogen) atoms. The van der Waals surface area contributed by atoms with Gasteiger partial charge in [0, 0.05) is 16.1 Å². The summed E-state index contributed by atoms with van der Waals surface area (Å²) in [6.45, 7) is 0. The average Bonchev–Trinajstić information content (AvgIpc) is 2.37. The van der Waals surface area contributed by atoms with E-state index in [4.69, 9.17) is 10.5 Å². The van der Waals surface area contributed by atoms with E-state index < -0.39 is 23.5 Å². The maximum Gasteiger partial charge on any atom is 0.165 e. The van der Waals surface area contributed by atoms with Crippen molar-refractivity contribution in [2.45, 2.75) is 12.5 Å². The van der Waals surface area contributed by atoms with Gasteiger partial charge in [0.05, 0.1) is 7.11 Å². The van der Waals surface area contributed by atoms with Crippen LogP contribution in [0.4, 0.5) is 13.2 Å². The van der Waals surface area contributed by atoms with Gasteiger partial charge in [-0.1, -0.05) is 22.0 Å². The van der Waals surface area contributed by atoms with Gasteiger partial charge in [-0.25, -0.2) is 13.2 Å². The molecular weight excluding hydrogens is 347 g/mol. The van der Waals surface area contributed by atoms with Gasteiger partial charge in [-0.05, 0) is 36.2 Å². The summed E-state index contributed by atoms with van der Waals surface area (Å²) in [4.78, 5) is 0. The Bertz CT molecular complexity index is 640. The second kappa shape index (κ2) is 6.49. The Morgan fingerprint density at radius 2 is 1.71 bits per heavy atom. The topological polar surface area (TPSA) is 35.2 Å². The molecule has 2 aromatic carbocycles. The van der Waals surface area contributed by atoms with Gasteiger partial charge in [0.15, 0.2) is 11.6 Å². The van der Waals surface area contributed by atoms with Gasteiger partial charge in [0.2, 0.25) is 0 Å². The third kappa shape index (κ3) is 3.57. The predicted octanol–water partition coefficient (Wildman–Crippen LogP) is 4.12. The number of ether oxygens (including phenoxy) is 1. The van der Waals surface area contributed by atoms with Crippen LogP contribution in [0.25, 0.3) is 0 Å². The van der Waals surface area contributed by atoms with Crippen LogP contribution in [0.15, 0.2) is 34.8 Å². The number of hydrogen-bond acceptors (Lipinski definition) is 2. The molecule has 0 heterocycles. The van der Waals surface area contributed by atoms with Crippen molar-refractivity contribution in [3.05, 3.63) is 63.4 Å². The van der Waals surface area contributed by atoms with Crippen molar-refractivity contribution in [2.24, 2.45) is 5.73 Å². The highest BCUT2D eigenvalue weighted by Crippen LogP contribution is 2.27. The van der Waals surface area contributed by atoms with Crippen molar-refractivity contribution in [1.29, 1.82) is 0 Å². The van der Waals surface area contributed by atoms with Crippen molar-refractivity contribution < 1.29 is 17.9 Å². The second-order valence-electron chi connectivity index (χ2n) is 4.56. The molecule has 0 aliphatic carbocycles. The lowest BCUT2D eigenvalue weighted by molar-refractivity contribution is 0.386. The Labute approximate surface area is 128 Å². The molecule has 2 rings (SSSR count). The highest BCUT2D eigenvalue weighted by Gasteiger charge is 2.18. The first-order valence-corrected chi connectivity index (χ1v) is 6.94. The van der Waals surface area contributed by atoms with E-state index in [1.165, 1.54) is 19.2 Å². The van der Waals surface area contributed by atoms with E-state index >= 15 is 0 Å². The fourth-order valence-corrected chi connectivity index (χ4v) is 2.50. The number of halogens is 4. The zero-order valence-corrected chi connectivity index (χ0v) is 12.8. The van der Waals surface area contributed by atoms with E-state index in [9.17, 15) is 13.2 Å². The molecule has 0 spiro atoms. The third-order valence-corrected chi connectivity index (χ3v) is 3.54. The Morgan fingerprint density at radius 1 is 1.10 bits per heavy atom. The molecule has 0 fully saturated rings. The Morgan fingerprint density at radius 3 is 2.24 bits per heavy atom. The highest BCUT2D eigenvalue weighted by atomic mass is 79.9. The average molecular weight is 360 g/mol. The lowest BCUT2D eigenvalue weighted by Crippen LogP contribution is -2.17. The maximum absolute atomic E-state index is 13.8. The van der Waals surface area contributed by atoms with Crippen molar-refractivity contribution in [1.82, 2.24) is 0 Å². The lowest BCUT2D eigenvalue weighted by Gasteiger charge is -2.15. The molecule has 2 nitrogen and oxygen atoms in total. The fourth-order valence-electron chi connectivity index (χ4n) is 2.10. The summed E-state index contributed by atoms with van der Waals surface area (Å²) in [5, 5.41) is 0. The molecule has 0 bridgehead atoms. The smallest absolute Gasteiger partial charge is 0.165 e. The van der Waals surface area contributed by atoms with Gasteiger partial charge >= 0.3 is 0 Å². The zero-order chi connectivity index (χ0) is 15.6. The quantitative estimate of drug-likeness (QED) is 0.891. The van der Waals surface area contributed by atoms with Crippen LogP contribution < -0.4 is 10.5 Å². The van der Waals surface area contributed by atoms with Crippen molar-refractivity contribution >= 4 is 15.9 Å². The van der Waals surface area contributed by atoms with Crippen LogP contribution in [0, 0.1) is 17.5 Å². The van der Waals surface area contributed by atoms with Crippen LogP contribution in [-0.4, -0.2) is 7.11 Å². The van der Waals surface area contributed by atoms with Crippen LogP contribution >= 0.6 is 15.9 Å². The summed E-state index contributed by atoms with van der Waals surface area (Å²) in [5.74, 6) is -1.90. The summed E-state index contributed by atoms with van der Waals surface area (Å²) < 4.78 is 46.3. The molecule has 0 aliphatic rings. The van der Waals surface area contributed by atoms with Gasteiger partial charge in [-0.2, -0.15) is 0 Å². The van der Waals surface area contributed by atoms with Crippen LogP contribution in [0.3, 0.4) is 0 Å². The van der Waals surface area contributed by atoms with E-state index in [1.807, 2.05) is 0 Å². The van der Waals surface area contributed by atoms with Gasteiger partial charge in [0.25, 0.3) is 0 Å². The number of methoxy groups -OCH3 is 1. The lowest BCUT2D eigenvalue weighted by atomic mass is 9.98. The molecule has 2 N–H and O–H groups in total. The SMILES string of the molecule is COc1ccc(CC(N)c2c(F)cc(Br)cc2F)cc1F. The summed E-state index contributed by atoms with van der Waals surface area (Å²) in [7, 11) is 1.36. The Balaban J connectivity index is 2.26. The van der Waals surface area contributed by atoms with Crippen molar-refractivity contribution in [3.8, 4) is 5.75 Å². The Hall–Kier alpha value is -1.53. The largest absolute Gasteiger partial charge is 0.494 e. The first-order chi connectivity index (χ1) is 9.92. The number of nitrogens with two attached hydrogens (primary N) is 1. The molecule has 0 saturated heterocycles. The Kier molecular flexibility index (Phi) is 4.90. The standard InChI is InChI=1S/C15H13BrF3NO/c1-21-14-3-2-8(4-10(14)17)5-13(20)15-11(18)6-9(16)7-12(15)19/h2-4,6-7,13H,5,20H2,1H3. The summed E-state index contributed by atoms with van der Waals surface area (Å²) in [6, 6.07) is 5.68. The van der Waals surface area contributed by atoms with Gasteiger partial charge in [-0.15, -0.1) is 0 Å². The molecule has 0 radical (unpaired) electrons. The molecule has 6 heteroatoms. The monoisotopic (exact) mass is 359 g/mol. The first kappa shape index (κ1) is 15.9. The van der Waals surface area contributed by atoms with E-state index in [1.54, 1.807) is 6.07 Å². The molecule has 0 aliphatic heterocycles. The minimum absolute atomic E-state index is 0.105. The third-order valence-electron chi connectivity index (χ3n) is 3.09. The molecule has 0 saturated carbocycles. The minimum Gasteiger partial charge on any atom is -0.494 e. The molecule has 0 amide bonds. The van der Waals surface area contributed by atoms with E-state index in [2.05, 4.69) is 15.9 Å². The van der Waals surface area contributed by atoms with Crippen LogP contribution in [0.2, 0.25) is 0 Å². The summed E-state index contributed by atoms with van der Waals surface area (Å²) >= 11 is 3.00. The molecule has 1 atom stereocenters. The second-order valence-corrected chi connectivity index (χ2v) is 5.48. The number of benzene rings is 2. The van der Waals surface area contributed by atoms with Crippen LogP contribution in [0.1, 0.15) is 17.2 Å². The maximum atomic E-state index is 13.8. The summed E-state index contributed by atoms with van der Waals surface area (Å²) in [6.07, 6.45) is 0.108. The molecular formula is C15H13BrF3NO. The normalized spacial score (nSPS) is 12.3. The number of hydrogen-bond donors (Lipinski definition) is 1. The summed E-state index contributed by atoms with van der Waals surface area (Å²) in [5.41, 5.74) is 6.17. The molecule has 2 aromatic rings. The first-order valence-electron chi connectivity index (χ1n) is 6.14. The van der Waals surface area contributed by atoms with Gasteiger partial charge in [0.1, 0.15) is 11.6 Å². The molecule has 0 aromatic heterocycles. The highest BCUT2D eigenvalue weighted by molar-refractivity contribution is 9.10. The van der Waals surface area contributed by atoms with Crippen LogP contribution in [-0.2, 0) is 6.42 Å². The van der Waals surface area contributed by atoms with E-state index in [0.29, 0.717) is 10.0 Å². The van der Waals surface area contributed by atoms with Gasteiger partial charge in [-0.3, -0.25) is 0 Å². The van der Waals surface area contributed by atoms with Crippen LogP contribution in [0.5, 0.6) is 5.75 Å². The van der Waals surface area contributed by atoms with E-state index in [0.717, 1.165) is 12.1 Å². The van der Waals surface area contributed by atoms with Crippen molar-refractivity contribution in [3.63, 3.8) is 0 Å². The zero-order valence-electron chi connectivity index (χ0n) is 11.2. The predicted molar refractivity (Wildman–Crippen MR) is 77.6 cm³/mol. The molecule has 112 valence electrons. The van der Waals surface area contributed by atoms with Gasteiger partial charge < -0.3 is 10.5 Å². The van der Waals surface area contributed by atoms with Crippen molar-refractivity contribution in [2.75, 3.05) is 7.11 Å². The fraction of sp³-hybridized carbons (Fsp3) is 0.200. The minimum atomic E-state index is -0.911. The molecule has 1 unspecified atom stereocenters. The number of rotatable bonds is 4.